The number of piperidine rings is 1. The lowest BCUT2D eigenvalue weighted by atomic mass is 9.60. The molecule has 1 aliphatic carbocycles. The van der Waals surface area contributed by atoms with Crippen LogP contribution in [0.2, 0.25) is 0 Å². The van der Waals surface area contributed by atoms with Gasteiger partial charge in [0, 0.05) is 25.3 Å². The van der Waals surface area contributed by atoms with Crippen LogP contribution in [0.3, 0.4) is 0 Å². The summed E-state index contributed by atoms with van der Waals surface area (Å²) < 4.78 is 0. The van der Waals surface area contributed by atoms with Gasteiger partial charge in [-0.05, 0) is 57.3 Å². The Labute approximate surface area is 110 Å². The average Bonchev–Trinajstić information content (AvgIpc) is 2.37. The lowest BCUT2D eigenvalue weighted by Gasteiger charge is -2.54. The molecule has 0 atom stereocenters. The molecular weight excluding hydrogens is 222 g/mol. The SMILES string of the molecule is CN(C)C1CC2(CCN(c3ccccn3)CC2)C1. The van der Waals surface area contributed by atoms with Gasteiger partial charge in [-0.15, -0.1) is 0 Å². The molecule has 2 aliphatic rings. The number of aromatic nitrogens is 1. The van der Waals surface area contributed by atoms with Crippen LogP contribution in [0.1, 0.15) is 25.7 Å². The van der Waals surface area contributed by atoms with E-state index in [0.717, 1.165) is 11.9 Å². The van der Waals surface area contributed by atoms with Gasteiger partial charge >= 0.3 is 0 Å². The van der Waals surface area contributed by atoms with E-state index in [1.807, 2.05) is 12.3 Å². The maximum atomic E-state index is 4.45. The Morgan fingerprint density at radius 2 is 1.94 bits per heavy atom. The summed E-state index contributed by atoms with van der Waals surface area (Å²) in [5, 5.41) is 0. The van der Waals surface area contributed by atoms with Crippen LogP contribution in [0.4, 0.5) is 5.82 Å². The van der Waals surface area contributed by atoms with Crippen LogP contribution in [-0.2, 0) is 0 Å². The smallest absolute Gasteiger partial charge is 0.128 e. The van der Waals surface area contributed by atoms with E-state index in [9.17, 15) is 0 Å². The van der Waals surface area contributed by atoms with Crippen molar-refractivity contribution in [2.45, 2.75) is 31.7 Å². The van der Waals surface area contributed by atoms with Crippen LogP contribution in [0.15, 0.2) is 24.4 Å². The van der Waals surface area contributed by atoms with Crippen LogP contribution < -0.4 is 4.90 Å². The first kappa shape index (κ1) is 12.0. The molecule has 0 amide bonds. The van der Waals surface area contributed by atoms with E-state index in [-0.39, 0.29) is 0 Å². The van der Waals surface area contributed by atoms with Crippen molar-refractivity contribution in [3.63, 3.8) is 0 Å². The zero-order valence-electron chi connectivity index (χ0n) is 11.5. The van der Waals surface area contributed by atoms with E-state index in [1.54, 1.807) is 0 Å². The second-order valence-electron chi connectivity index (χ2n) is 6.20. The predicted molar refractivity (Wildman–Crippen MR) is 74.8 cm³/mol. The van der Waals surface area contributed by atoms with Gasteiger partial charge in [-0.25, -0.2) is 4.98 Å². The Bertz CT molecular complexity index is 385. The van der Waals surface area contributed by atoms with Gasteiger partial charge in [0.1, 0.15) is 5.82 Å². The molecule has 0 N–H and O–H groups in total. The molecule has 0 unspecified atom stereocenters. The molecule has 3 nitrogen and oxygen atoms in total. The Morgan fingerprint density at radius 3 is 2.50 bits per heavy atom. The summed E-state index contributed by atoms with van der Waals surface area (Å²) in [7, 11) is 4.42. The van der Waals surface area contributed by atoms with Crippen LogP contribution in [-0.4, -0.2) is 43.1 Å². The maximum Gasteiger partial charge on any atom is 0.128 e. The summed E-state index contributed by atoms with van der Waals surface area (Å²) in [5.74, 6) is 1.15. The number of rotatable bonds is 2. The second-order valence-corrected chi connectivity index (χ2v) is 6.20. The summed E-state index contributed by atoms with van der Waals surface area (Å²) in [6.45, 7) is 2.36. The number of pyridine rings is 1. The summed E-state index contributed by atoms with van der Waals surface area (Å²) in [6.07, 6.45) is 7.37. The lowest BCUT2D eigenvalue weighted by molar-refractivity contribution is 0.00480. The van der Waals surface area contributed by atoms with Crippen molar-refractivity contribution in [1.29, 1.82) is 0 Å². The fourth-order valence-corrected chi connectivity index (χ4v) is 3.46. The first-order chi connectivity index (χ1) is 8.69. The quantitative estimate of drug-likeness (QED) is 0.797. The van der Waals surface area contributed by atoms with Crippen molar-refractivity contribution >= 4 is 5.82 Å². The van der Waals surface area contributed by atoms with Crippen LogP contribution >= 0.6 is 0 Å². The Hall–Kier alpha value is -1.09. The molecule has 1 aromatic rings. The maximum absolute atomic E-state index is 4.45. The number of nitrogens with zero attached hydrogens (tertiary/aromatic N) is 3. The van der Waals surface area contributed by atoms with Gasteiger partial charge in [-0.3, -0.25) is 0 Å². The average molecular weight is 245 g/mol. The zero-order valence-corrected chi connectivity index (χ0v) is 11.5. The Morgan fingerprint density at radius 1 is 1.22 bits per heavy atom. The van der Waals surface area contributed by atoms with E-state index >= 15 is 0 Å². The normalized spacial score (nSPS) is 23.4. The topological polar surface area (TPSA) is 19.4 Å². The summed E-state index contributed by atoms with van der Waals surface area (Å²) in [6, 6.07) is 7.02. The lowest BCUT2D eigenvalue weighted by Crippen LogP contribution is -2.53. The highest BCUT2D eigenvalue weighted by Crippen LogP contribution is 2.50. The number of hydrogen-bond acceptors (Lipinski definition) is 3. The van der Waals surface area contributed by atoms with Gasteiger partial charge in [0.25, 0.3) is 0 Å². The van der Waals surface area contributed by atoms with E-state index in [0.29, 0.717) is 5.41 Å². The van der Waals surface area contributed by atoms with Gasteiger partial charge in [0.05, 0.1) is 0 Å². The second kappa shape index (κ2) is 4.54. The minimum Gasteiger partial charge on any atom is -0.357 e. The highest BCUT2D eigenvalue weighted by atomic mass is 15.2. The zero-order chi connectivity index (χ0) is 12.6. The van der Waals surface area contributed by atoms with Crippen molar-refractivity contribution in [2.75, 3.05) is 32.1 Å². The first-order valence-corrected chi connectivity index (χ1v) is 7.01. The molecule has 3 heteroatoms. The molecule has 98 valence electrons. The molecule has 2 fully saturated rings. The van der Waals surface area contributed by atoms with Crippen molar-refractivity contribution in [2.24, 2.45) is 5.41 Å². The monoisotopic (exact) mass is 245 g/mol. The van der Waals surface area contributed by atoms with Crippen molar-refractivity contribution < 1.29 is 0 Å². The molecule has 1 aliphatic heterocycles. The van der Waals surface area contributed by atoms with Crippen LogP contribution in [0.5, 0.6) is 0 Å². The highest BCUT2D eigenvalue weighted by Gasteiger charge is 2.46. The molecule has 0 radical (unpaired) electrons. The molecule has 18 heavy (non-hydrogen) atoms. The molecule has 1 saturated carbocycles. The molecule has 1 spiro atoms. The van der Waals surface area contributed by atoms with Crippen LogP contribution in [0.25, 0.3) is 0 Å². The van der Waals surface area contributed by atoms with Gasteiger partial charge in [-0.1, -0.05) is 6.07 Å². The van der Waals surface area contributed by atoms with Crippen LogP contribution in [0, 0.1) is 5.41 Å². The summed E-state index contributed by atoms with van der Waals surface area (Å²) in [4.78, 5) is 9.28. The molecule has 0 aromatic carbocycles. The highest BCUT2D eigenvalue weighted by molar-refractivity contribution is 5.38. The Balaban J connectivity index is 1.57. The van der Waals surface area contributed by atoms with E-state index in [1.165, 1.54) is 38.8 Å². The fraction of sp³-hybridized carbons (Fsp3) is 0.667. The molecule has 1 saturated heterocycles. The third kappa shape index (κ3) is 2.12. The molecular formula is C15H23N3. The molecule has 3 rings (SSSR count). The van der Waals surface area contributed by atoms with Crippen molar-refractivity contribution in [3.05, 3.63) is 24.4 Å². The fourth-order valence-electron chi connectivity index (χ4n) is 3.46. The standard InChI is InChI=1S/C15H23N3/c1-17(2)13-11-15(12-13)6-9-18(10-7-15)14-5-3-4-8-16-14/h3-5,8,13H,6-7,9-12H2,1-2H3. The first-order valence-electron chi connectivity index (χ1n) is 7.01. The van der Waals surface area contributed by atoms with Gasteiger partial charge in [0.2, 0.25) is 0 Å². The van der Waals surface area contributed by atoms with Gasteiger partial charge in [-0.2, -0.15) is 0 Å². The molecule has 2 heterocycles. The molecule has 1 aromatic heterocycles. The van der Waals surface area contributed by atoms with E-state index < -0.39 is 0 Å². The van der Waals surface area contributed by atoms with Gasteiger partial charge < -0.3 is 9.80 Å². The summed E-state index contributed by atoms with van der Waals surface area (Å²) >= 11 is 0. The van der Waals surface area contributed by atoms with Crippen molar-refractivity contribution in [3.8, 4) is 0 Å². The summed E-state index contributed by atoms with van der Waals surface area (Å²) in [5.41, 5.74) is 0.653. The Kier molecular flexibility index (Phi) is 3.02. The molecule has 0 bridgehead atoms. The minimum atomic E-state index is 0.653. The van der Waals surface area contributed by atoms with E-state index in [2.05, 4.69) is 41.0 Å². The third-order valence-electron chi connectivity index (χ3n) is 4.86. The predicted octanol–water partition coefficient (Wildman–Crippen LogP) is 2.39. The number of hydrogen-bond donors (Lipinski definition) is 0. The van der Waals surface area contributed by atoms with Gasteiger partial charge in [0.15, 0.2) is 0 Å². The minimum absolute atomic E-state index is 0.653. The third-order valence-corrected chi connectivity index (χ3v) is 4.86. The van der Waals surface area contributed by atoms with E-state index in [4.69, 9.17) is 0 Å². The van der Waals surface area contributed by atoms with Crippen molar-refractivity contribution in [1.82, 2.24) is 9.88 Å². The number of anilines is 1. The largest absolute Gasteiger partial charge is 0.357 e.